The fraction of sp³-hybridized carbons (Fsp3) is 0.333. The van der Waals surface area contributed by atoms with Crippen molar-refractivity contribution in [3.8, 4) is 0 Å². The van der Waals surface area contributed by atoms with Crippen LogP contribution in [-0.4, -0.2) is 32.0 Å². The fourth-order valence-electron chi connectivity index (χ4n) is 4.43. The summed E-state index contributed by atoms with van der Waals surface area (Å²) in [6.45, 7) is 1.03. The van der Waals surface area contributed by atoms with Crippen molar-refractivity contribution in [1.82, 2.24) is 15.0 Å². The molecule has 0 bridgehead atoms. The molecule has 1 fully saturated rings. The molecule has 6 nitrogen and oxygen atoms in total. The molecule has 1 unspecified atom stereocenters. The summed E-state index contributed by atoms with van der Waals surface area (Å²) in [6.07, 6.45) is -2.73. The molecule has 4 atom stereocenters. The normalized spacial score (nSPS) is 26.6. The van der Waals surface area contributed by atoms with Gasteiger partial charge in [0.25, 0.3) is 0 Å². The van der Waals surface area contributed by atoms with Gasteiger partial charge in [-0.15, -0.1) is 0 Å². The van der Waals surface area contributed by atoms with E-state index in [1.54, 1.807) is 0 Å². The van der Waals surface area contributed by atoms with Gasteiger partial charge in [0, 0.05) is 28.6 Å². The molecule has 2 aliphatic rings. The first-order valence-corrected chi connectivity index (χ1v) is 10.9. The van der Waals surface area contributed by atoms with E-state index in [9.17, 15) is 22.0 Å². The van der Waals surface area contributed by atoms with E-state index in [1.807, 2.05) is 6.92 Å². The zero-order valence-corrected chi connectivity index (χ0v) is 17.9. The molecule has 0 amide bonds. The Bertz CT molecular complexity index is 1280. The van der Waals surface area contributed by atoms with Gasteiger partial charge in [0.1, 0.15) is 23.5 Å². The number of anilines is 2. The summed E-state index contributed by atoms with van der Waals surface area (Å²) < 4.78 is 68.3. The maximum atomic E-state index is 14.9. The lowest BCUT2D eigenvalue weighted by Gasteiger charge is -2.32. The van der Waals surface area contributed by atoms with Crippen LogP contribution >= 0.6 is 11.8 Å². The van der Waals surface area contributed by atoms with Crippen molar-refractivity contribution in [3.05, 3.63) is 53.7 Å². The van der Waals surface area contributed by atoms with Crippen LogP contribution in [0.25, 0.3) is 11.0 Å². The van der Waals surface area contributed by atoms with Crippen molar-refractivity contribution < 1.29 is 22.0 Å². The van der Waals surface area contributed by atoms with Gasteiger partial charge in [0.05, 0.1) is 11.7 Å². The Kier molecular flexibility index (Phi) is 4.96. The zero-order chi connectivity index (χ0) is 23.5. The molecule has 0 spiro atoms. The van der Waals surface area contributed by atoms with Crippen LogP contribution in [0.3, 0.4) is 0 Å². The van der Waals surface area contributed by atoms with Crippen LogP contribution in [0.5, 0.6) is 0 Å². The highest BCUT2D eigenvalue weighted by Gasteiger charge is 2.63. The molecule has 0 radical (unpaired) electrons. The molecule has 1 aliphatic carbocycles. The van der Waals surface area contributed by atoms with Crippen LogP contribution in [0.2, 0.25) is 0 Å². The van der Waals surface area contributed by atoms with Gasteiger partial charge in [0.15, 0.2) is 16.7 Å². The summed E-state index contributed by atoms with van der Waals surface area (Å²) in [6, 6.07) is 5.34. The second kappa shape index (κ2) is 7.51. The average molecular weight is 480 g/mol. The SMILES string of the molecule is CC1[C@@H]2[C@H]1SC(N)=N[C@]2(CF)c1cc(Nc2nccc3nc(C(F)(F)F)cnc23)ccc1F. The number of amidine groups is 1. The minimum Gasteiger partial charge on any atom is -0.379 e. The van der Waals surface area contributed by atoms with Crippen LogP contribution < -0.4 is 11.1 Å². The van der Waals surface area contributed by atoms with E-state index in [1.165, 1.54) is 42.2 Å². The highest BCUT2D eigenvalue weighted by atomic mass is 32.2. The van der Waals surface area contributed by atoms with Crippen LogP contribution in [0.15, 0.2) is 41.7 Å². The van der Waals surface area contributed by atoms with Gasteiger partial charge in [-0.05, 0) is 30.2 Å². The van der Waals surface area contributed by atoms with Gasteiger partial charge in [-0.1, -0.05) is 18.7 Å². The third-order valence-corrected chi connectivity index (χ3v) is 7.39. The van der Waals surface area contributed by atoms with Gasteiger partial charge >= 0.3 is 6.18 Å². The third-order valence-electron chi connectivity index (χ3n) is 6.07. The molecule has 5 rings (SSSR count). The number of fused-ring (bicyclic) bond motifs is 2. The molecule has 2 aromatic heterocycles. The number of hydrogen-bond donors (Lipinski definition) is 2. The van der Waals surface area contributed by atoms with Crippen molar-refractivity contribution >= 4 is 39.5 Å². The zero-order valence-electron chi connectivity index (χ0n) is 17.1. The number of halogens is 5. The van der Waals surface area contributed by atoms with Gasteiger partial charge in [-0.25, -0.2) is 28.7 Å². The Morgan fingerprint density at radius 1 is 1.21 bits per heavy atom. The molecule has 1 saturated carbocycles. The van der Waals surface area contributed by atoms with Gasteiger partial charge in [0.2, 0.25) is 0 Å². The Labute approximate surface area is 188 Å². The van der Waals surface area contributed by atoms with Crippen molar-refractivity contribution in [2.75, 3.05) is 12.0 Å². The predicted octanol–water partition coefficient (Wildman–Crippen LogP) is 4.79. The first-order chi connectivity index (χ1) is 15.6. The number of alkyl halides is 4. The maximum absolute atomic E-state index is 14.9. The molecule has 0 saturated heterocycles. The predicted molar refractivity (Wildman–Crippen MR) is 115 cm³/mol. The number of nitrogens with zero attached hydrogens (tertiary/aromatic N) is 4. The summed E-state index contributed by atoms with van der Waals surface area (Å²) in [5.41, 5.74) is 3.85. The molecule has 3 N–H and O–H groups in total. The third kappa shape index (κ3) is 3.56. The second-order valence-corrected chi connectivity index (χ2v) is 9.27. The van der Waals surface area contributed by atoms with Crippen LogP contribution in [0.4, 0.5) is 33.5 Å². The molecular weight excluding hydrogens is 463 g/mol. The van der Waals surface area contributed by atoms with E-state index < -0.39 is 29.9 Å². The second-order valence-electron chi connectivity index (χ2n) is 8.08. The molecule has 172 valence electrons. The molecule has 1 aromatic carbocycles. The number of rotatable bonds is 4. The monoisotopic (exact) mass is 480 g/mol. The van der Waals surface area contributed by atoms with Gasteiger partial charge in [-0.2, -0.15) is 13.2 Å². The van der Waals surface area contributed by atoms with Crippen LogP contribution in [0, 0.1) is 17.7 Å². The van der Waals surface area contributed by atoms with E-state index in [0.717, 1.165) is 0 Å². The van der Waals surface area contributed by atoms with Gasteiger partial charge in [-0.3, -0.25) is 0 Å². The molecule has 33 heavy (non-hydrogen) atoms. The number of aromatic nitrogens is 3. The van der Waals surface area contributed by atoms with Crippen molar-refractivity contribution in [3.63, 3.8) is 0 Å². The van der Waals surface area contributed by atoms with Gasteiger partial charge < -0.3 is 11.1 Å². The van der Waals surface area contributed by atoms with Crippen molar-refractivity contribution in [1.29, 1.82) is 0 Å². The highest BCUT2D eigenvalue weighted by Crippen LogP contribution is 2.62. The number of aliphatic imine (C=N–C) groups is 1. The quantitative estimate of drug-likeness (QED) is 0.522. The lowest BCUT2D eigenvalue weighted by atomic mass is 9.85. The Balaban J connectivity index is 1.55. The van der Waals surface area contributed by atoms with Crippen molar-refractivity contribution in [2.24, 2.45) is 22.6 Å². The summed E-state index contributed by atoms with van der Waals surface area (Å²) in [4.78, 5) is 15.9. The number of nitrogens with two attached hydrogens (primary N) is 1. The highest BCUT2D eigenvalue weighted by molar-refractivity contribution is 8.14. The maximum Gasteiger partial charge on any atom is 0.434 e. The first-order valence-electron chi connectivity index (χ1n) is 9.98. The number of nitrogens with one attached hydrogen (secondary N) is 1. The Hall–Kier alpha value is -3.02. The Morgan fingerprint density at radius 3 is 2.73 bits per heavy atom. The van der Waals surface area contributed by atoms with Crippen molar-refractivity contribution in [2.45, 2.75) is 23.9 Å². The van der Waals surface area contributed by atoms with E-state index in [-0.39, 0.29) is 44.7 Å². The Morgan fingerprint density at radius 2 is 2.00 bits per heavy atom. The smallest absolute Gasteiger partial charge is 0.379 e. The lowest BCUT2D eigenvalue weighted by molar-refractivity contribution is -0.141. The number of pyridine rings is 1. The summed E-state index contributed by atoms with van der Waals surface area (Å²) >= 11 is 1.37. The molecular formula is C21H17F5N6S. The summed E-state index contributed by atoms with van der Waals surface area (Å²) in [7, 11) is 0. The van der Waals surface area contributed by atoms with Crippen LogP contribution in [-0.2, 0) is 11.7 Å². The van der Waals surface area contributed by atoms with E-state index >= 15 is 0 Å². The van der Waals surface area contributed by atoms with E-state index in [0.29, 0.717) is 11.9 Å². The van der Waals surface area contributed by atoms with Crippen LogP contribution in [0.1, 0.15) is 18.2 Å². The molecule has 1 aliphatic heterocycles. The summed E-state index contributed by atoms with van der Waals surface area (Å²) in [5.74, 6) is -0.586. The molecule has 3 heterocycles. The lowest BCUT2D eigenvalue weighted by Crippen LogP contribution is -2.37. The number of benzene rings is 1. The average Bonchev–Trinajstić information content (AvgIpc) is 3.43. The minimum absolute atomic E-state index is 0.0128. The van der Waals surface area contributed by atoms with E-state index in [2.05, 4.69) is 25.3 Å². The standard InChI is InChI=1S/C21H17F5N6S/c1-9-15-17(9)33-19(27)32-20(15,8-22)11-6-10(2-3-12(11)23)30-18-16-13(4-5-28-18)31-14(7-29-16)21(24,25)26/h2-7,9,15,17H,8H2,1H3,(H2,27,32)(H,28,30)/t9?,15-,17+,20-/m1/s1. The fourth-order valence-corrected chi connectivity index (χ4v) is 5.83. The molecule has 3 aromatic rings. The first kappa shape index (κ1) is 21.8. The number of hydrogen-bond acceptors (Lipinski definition) is 7. The minimum atomic E-state index is -4.64. The topological polar surface area (TPSA) is 89.1 Å². The largest absolute Gasteiger partial charge is 0.434 e. The summed E-state index contributed by atoms with van der Waals surface area (Å²) in [5, 5.41) is 3.21. The van der Waals surface area contributed by atoms with E-state index in [4.69, 9.17) is 5.73 Å². The number of thioether (sulfide) groups is 1. The molecule has 12 heteroatoms.